The van der Waals surface area contributed by atoms with Crippen LogP contribution in [0.25, 0.3) is 17.0 Å². The average molecular weight is 422 g/mol. The highest BCUT2D eigenvalue weighted by Crippen LogP contribution is 2.29. The molecule has 1 aliphatic rings. The number of nitrogens with zero attached hydrogens (tertiary/aromatic N) is 6. The van der Waals surface area contributed by atoms with E-state index < -0.39 is 16.4 Å². The monoisotopic (exact) mass is 422 g/mol. The van der Waals surface area contributed by atoms with E-state index in [1.165, 1.54) is 33.5 Å². The van der Waals surface area contributed by atoms with Crippen LogP contribution in [0.2, 0.25) is 0 Å². The van der Waals surface area contributed by atoms with Crippen molar-refractivity contribution in [2.24, 2.45) is 0 Å². The molecule has 0 aliphatic carbocycles. The summed E-state index contributed by atoms with van der Waals surface area (Å²) in [6.07, 6.45) is 3.73. The van der Waals surface area contributed by atoms with E-state index >= 15 is 0 Å². The highest BCUT2D eigenvalue weighted by Gasteiger charge is 2.25. The van der Waals surface area contributed by atoms with E-state index in [1.54, 1.807) is 12.3 Å². The molecule has 1 atom stereocenters. The molecule has 0 aromatic carbocycles. The maximum atomic E-state index is 13.0. The Labute approximate surface area is 166 Å². The molecule has 1 saturated heterocycles. The molecule has 4 rings (SSSR count). The maximum absolute atomic E-state index is 13.0. The molecular weight excluding hydrogens is 402 g/mol. The number of halogens is 2. The topological polar surface area (TPSA) is 93.4 Å². The van der Waals surface area contributed by atoms with E-state index in [-0.39, 0.29) is 11.6 Å². The molecule has 3 aromatic heterocycles. The van der Waals surface area contributed by atoms with Crippen LogP contribution in [-0.2, 0) is 10.0 Å². The molecule has 29 heavy (non-hydrogen) atoms. The summed E-state index contributed by atoms with van der Waals surface area (Å²) < 4.78 is 52.5. The Hall–Kier alpha value is -2.53. The van der Waals surface area contributed by atoms with Crippen LogP contribution in [0.4, 0.5) is 8.78 Å². The van der Waals surface area contributed by atoms with Crippen LogP contribution < -0.4 is 0 Å². The van der Waals surface area contributed by atoms with Gasteiger partial charge in [-0.05, 0) is 37.5 Å². The summed E-state index contributed by atoms with van der Waals surface area (Å²) in [4.78, 5) is 12.9. The highest BCUT2D eigenvalue weighted by molar-refractivity contribution is 7.88. The number of aromatic nitrogens is 5. The van der Waals surface area contributed by atoms with Gasteiger partial charge in [-0.3, -0.25) is 0 Å². The molecular formula is C18H20F2N6O2S. The molecule has 8 nitrogen and oxygen atoms in total. The first kappa shape index (κ1) is 19.8. The Morgan fingerprint density at radius 2 is 1.97 bits per heavy atom. The Kier molecular flexibility index (Phi) is 5.26. The molecule has 0 saturated carbocycles. The molecule has 4 heterocycles. The van der Waals surface area contributed by atoms with Crippen molar-refractivity contribution in [3.8, 4) is 11.4 Å². The predicted molar refractivity (Wildman–Crippen MR) is 102 cm³/mol. The fourth-order valence-corrected chi connectivity index (χ4v) is 4.51. The van der Waals surface area contributed by atoms with E-state index in [4.69, 9.17) is 0 Å². The van der Waals surface area contributed by atoms with Crippen molar-refractivity contribution in [2.75, 3.05) is 19.3 Å². The van der Waals surface area contributed by atoms with E-state index in [2.05, 4.69) is 20.1 Å². The number of alkyl halides is 2. The van der Waals surface area contributed by atoms with Crippen LogP contribution in [0.5, 0.6) is 0 Å². The van der Waals surface area contributed by atoms with E-state index in [1.807, 2.05) is 0 Å². The van der Waals surface area contributed by atoms with E-state index in [9.17, 15) is 17.2 Å². The molecule has 3 aromatic rings. The van der Waals surface area contributed by atoms with Gasteiger partial charge in [-0.15, -0.1) is 0 Å². The molecule has 154 valence electrons. The molecule has 0 bridgehead atoms. The van der Waals surface area contributed by atoms with Crippen molar-refractivity contribution < 1.29 is 17.2 Å². The number of imidazole rings is 1. The third-order valence-electron chi connectivity index (χ3n) is 5.13. The minimum atomic E-state index is -3.21. The van der Waals surface area contributed by atoms with Crippen LogP contribution in [0.1, 0.15) is 43.0 Å². The van der Waals surface area contributed by atoms with Gasteiger partial charge in [0.2, 0.25) is 10.0 Å². The summed E-state index contributed by atoms with van der Waals surface area (Å²) >= 11 is 0. The van der Waals surface area contributed by atoms with Crippen molar-refractivity contribution in [3.63, 3.8) is 0 Å². The lowest BCUT2D eigenvalue weighted by molar-refractivity contribution is 0.144. The number of hydrogen-bond acceptors (Lipinski definition) is 6. The largest absolute Gasteiger partial charge is 0.282 e. The Morgan fingerprint density at radius 3 is 2.72 bits per heavy atom. The number of rotatable bonds is 4. The summed E-state index contributed by atoms with van der Waals surface area (Å²) in [7, 11) is -3.21. The van der Waals surface area contributed by atoms with Gasteiger partial charge in [0.15, 0.2) is 5.65 Å². The molecule has 0 N–H and O–H groups in total. The van der Waals surface area contributed by atoms with Gasteiger partial charge in [0.1, 0.15) is 17.7 Å². The Bertz CT molecular complexity index is 1130. The second-order valence-corrected chi connectivity index (χ2v) is 9.07. The standard InChI is InChI=1S/C18H20F2N6O2S/c1-29(27,28)25-7-2-3-12(6-8-25)14-9-15(23-11-22-14)16-10-21-17-5-4-13(18(19)20)24-26(16)17/h4-5,9-12,18H,2-3,6-8H2,1H3. The molecule has 1 aliphatic heterocycles. The zero-order valence-electron chi connectivity index (χ0n) is 15.7. The zero-order valence-corrected chi connectivity index (χ0v) is 16.6. The fraction of sp³-hybridized carbons (Fsp3) is 0.444. The van der Waals surface area contributed by atoms with Gasteiger partial charge < -0.3 is 0 Å². The van der Waals surface area contributed by atoms with Crippen molar-refractivity contribution in [2.45, 2.75) is 31.6 Å². The molecule has 1 unspecified atom stereocenters. The minimum absolute atomic E-state index is 0.0901. The molecule has 0 spiro atoms. The quantitative estimate of drug-likeness (QED) is 0.642. The summed E-state index contributed by atoms with van der Waals surface area (Å²) in [5.41, 5.74) is 1.94. The number of fused-ring (bicyclic) bond motifs is 1. The summed E-state index contributed by atoms with van der Waals surface area (Å²) in [6, 6.07) is 4.55. The summed E-state index contributed by atoms with van der Waals surface area (Å²) in [6.45, 7) is 0.943. The molecule has 1 fully saturated rings. The van der Waals surface area contributed by atoms with Crippen molar-refractivity contribution in [3.05, 3.63) is 42.1 Å². The first-order valence-electron chi connectivity index (χ1n) is 9.23. The van der Waals surface area contributed by atoms with Crippen molar-refractivity contribution in [1.82, 2.24) is 28.9 Å². The van der Waals surface area contributed by atoms with E-state index in [0.717, 1.165) is 18.5 Å². The van der Waals surface area contributed by atoms with Gasteiger partial charge >= 0.3 is 0 Å². The third kappa shape index (κ3) is 4.10. The highest BCUT2D eigenvalue weighted by atomic mass is 32.2. The normalized spacial score (nSPS) is 19.0. The lowest BCUT2D eigenvalue weighted by Crippen LogP contribution is -2.30. The fourth-order valence-electron chi connectivity index (χ4n) is 3.61. The maximum Gasteiger partial charge on any atom is 0.282 e. The van der Waals surface area contributed by atoms with Crippen LogP contribution in [-0.4, -0.2) is 56.6 Å². The smallest absolute Gasteiger partial charge is 0.241 e. The number of sulfonamides is 1. The lowest BCUT2D eigenvalue weighted by Gasteiger charge is -2.17. The Morgan fingerprint density at radius 1 is 1.14 bits per heavy atom. The average Bonchev–Trinajstić information content (AvgIpc) is 2.93. The predicted octanol–water partition coefficient (Wildman–Crippen LogP) is 2.65. The van der Waals surface area contributed by atoms with E-state index in [0.29, 0.717) is 36.5 Å². The first-order chi connectivity index (χ1) is 13.8. The van der Waals surface area contributed by atoms with Gasteiger partial charge in [0.05, 0.1) is 18.1 Å². The second kappa shape index (κ2) is 7.71. The van der Waals surface area contributed by atoms with Crippen LogP contribution in [0.15, 0.2) is 30.7 Å². The molecule has 11 heteroatoms. The second-order valence-electron chi connectivity index (χ2n) is 7.09. The zero-order chi connectivity index (χ0) is 20.6. The Balaban J connectivity index is 1.64. The van der Waals surface area contributed by atoms with Crippen LogP contribution in [0.3, 0.4) is 0 Å². The van der Waals surface area contributed by atoms with Crippen molar-refractivity contribution >= 4 is 15.7 Å². The van der Waals surface area contributed by atoms with Gasteiger partial charge in [0.25, 0.3) is 6.43 Å². The SMILES string of the molecule is CS(=O)(=O)N1CCCC(c2cc(-c3cnc4ccc(C(F)F)nn34)ncn2)CC1. The van der Waals surface area contributed by atoms with Gasteiger partial charge in [-0.25, -0.2) is 41.0 Å². The summed E-state index contributed by atoms with van der Waals surface area (Å²) in [5, 5.41) is 3.98. The number of hydrogen-bond donors (Lipinski definition) is 0. The van der Waals surface area contributed by atoms with Gasteiger partial charge in [-0.1, -0.05) is 0 Å². The lowest BCUT2D eigenvalue weighted by atomic mass is 9.96. The third-order valence-corrected chi connectivity index (χ3v) is 6.43. The van der Waals surface area contributed by atoms with Crippen molar-refractivity contribution in [1.29, 1.82) is 0 Å². The molecule has 0 amide bonds. The summed E-state index contributed by atoms with van der Waals surface area (Å²) in [5.74, 6) is 0.0901. The van der Waals surface area contributed by atoms with Crippen LogP contribution >= 0.6 is 0 Å². The van der Waals surface area contributed by atoms with Gasteiger partial charge in [-0.2, -0.15) is 5.10 Å². The first-order valence-corrected chi connectivity index (χ1v) is 11.1. The molecule has 0 radical (unpaired) electrons. The van der Waals surface area contributed by atoms with Crippen LogP contribution in [0, 0.1) is 0 Å². The van der Waals surface area contributed by atoms with Gasteiger partial charge in [0, 0.05) is 24.7 Å². The minimum Gasteiger partial charge on any atom is -0.241 e.